The Morgan fingerprint density at radius 1 is 1.32 bits per heavy atom. The van der Waals surface area contributed by atoms with E-state index in [9.17, 15) is 14.7 Å². The predicted molar refractivity (Wildman–Crippen MR) is 67.3 cm³/mol. The fourth-order valence-electron chi connectivity index (χ4n) is 2.40. The number of aromatic nitrogens is 2. The highest BCUT2D eigenvalue weighted by Gasteiger charge is 2.42. The van der Waals surface area contributed by atoms with Crippen molar-refractivity contribution in [1.29, 1.82) is 0 Å². The van der Waals surface area contributed by atoms with E-state index in [-0.39, 0.29) is 12.3 Å². The van der Waals surface area contributed by atoms with Crippen molar-refractivity contribution in [3.05, 3.63) is 24.3 Å². The average molecular weight is 263 g/mol. The predicted octanol–water partition coefficient (Wildman–Crippen LogP) is 0.923. The monoisotopic (exact) mass is 263 g/mol. The number of nitrogens with zero attached hydrogens (tertiary/aromatic N) is 2. The Hall–Kier alpha value is -1.98. The van der Waals surface area contributed by atoms with Crippen molar-refractivity contribution in [3.8, 4) is 0 Å². The third-order valence-electron chi connectivity index (χ3n) is 3.47. The molecule has 0 spiro atoms. The van der Waals surface area contributed by atoms with Crippen molar-refractivity contribution in [2.24, 2.45) is 0 Å². The lowest BCUT2D eigenvalue weighted by Crippen LogP contribution is -2.52. The SMILES string of the molecule is O=C(CCc1cnccn1)NC1(C(=O)O)CCCC1. The van der Waals surface area contributed by atoms with Gasteiger partial charge in [-0.25, -0.2) is 4.79 Å². The van der Waals surface area contributed by atoms with Crippen LogP contribution in [0.5, 0.6) is 0 Å². The van der Waals surface area contributed by atoms with E-state index in [0.29, 0.717) is 19.3 Å². The molecular formula is C13H17N3O3. The molecule has 1 aromatic rings. The number of rotatable bonds is 5. The number of hydrogen-bond acceptors (Lipinski definition) is 4. The Kier molecular flexibility index (Phi) is 4.09. The first-order valence-electron chi connectivity index (χ1n) is 6.42. The molecule has 102 valence electrons. The summed E-state index contributed by atoms with van der Waals surface area (Å²) in [7, 11) is 0. The molecule has 1 aliphatic carbocycles. The molecule has 1 aliphatic rings. The second-order valence-electron chi connectivity index (χ2n) is 4.84. The summed E-state index contributed by atoms with van der Waals surface area (Å²) in [4.78, 5) is 31.2. The van der Waals surface area contributed by atoms with Crippen molar-refractivity contribution in [1.82, 2.24) is 15.3 Å². The second kappa shape index (κ2) is 5.77. The zero-order valence-corrected chi connectivity index (χ0v) is 10.6. The number of nitrogens with one attached hydrogen (secondary N) is 1. The van der Waals surface area contributed by atoms with E-state index in [4.69, 9.17) is 0 Å². The van der Waals surface area contributed by atoms with Gasteiger partial charge >= 0.3 is 5.97 Å². The highest BCUT2D eigenvalue weighted by atomic mass is 16.4. The van der Waals surface area contributed by atoms with Crippen LogP contribution in [0.3, 0.4) is 0 Å². The molecule has 2 rings (SSSR count). The normalized spacial score (nSPS) is 17.1. The summed E-state index contributed by atoms with van der Waals surface area (Å²) >= 11 is 0. The van der Waals surface area contributed by atoms with Crippen LogP contribution in [0.1, 0.15) is 37.8 Å². The Labute approximate surface area is 111 Å². The molecule has 0 atom stereocenters. The largest absolute Gasteiger partial charge is 0.480 e. The van der Waals surface area contributed by atoms with Crippen molar-refractivity contribution in [2.45, 2.75) is 44.1 Å². The van der Waals surface area contributed by atoms with Gasteiger partial charge < -0.3 is 10.4 Å². The molecule has 1 amide bonds. The zero-order chi connectivity index (χ0) is 13.7. The number of aliphatic carboxylic acids is 1. The second-order valence-corrected chi connectivity index (χ2v) is 4.84. The van der Waals surface area contributed by atoms with Crippen LogP contribution in [0.4, 0.5) is 0 Å². The van der Waals surface area contributed by atoms with Crippen LogP contribution in [-0.2, 0) is 16.0 Å². The van der Waals surface area contributed by atoms with Crippen LogP contribution in [0.25, 0.3) is 0 Å². The van der Waals surface area contributed by atoms with E-state index in [1.165, 1.54) is 0 Å². The molecule has 19 heavy (non-hydrogen) atoms. The Bertz CT molecular complexity index is 455. The first kappa shape index (κ1) is 13.5. The number of carbonyl (C=O) groups excluding carboxylic acids is 1. The van der Waals surface area contributed by atoms with E-state index in [1.54, 1.807) is 18.6 Å². The molecule has 0 bridgehead atoms. The first-order valence-corrected chi connectivity index (χ1v) is 6.42. The molecule has 0 aliphatic heterocycles. The molecule has 1 saturated carbocycles. The number of aryl methyl sites for hydroxylation is 1. The van der Waals surface area contributed by atoms with Crippen molar-refractivity contribution >= 4 is 11.9 Å². The van der Waals surface area contributed by atoms with E-state index in [0.717, 1.165) is 18.5 Å². The maximum atomic E-state index is 11.9. The van der Waals surface area contributed by atoms with Crippen LogP contribution in [0.2, 0.25) is 0 Å². The third kappa shape index (κ3) is 3.27. The molecule has 2 N–H and O–H groups in total. The minimum atomic E-state index is -1.06. The van der Waals surface area contributed by atoms with Crippen molar-refractivity contribution < 1.29 is 14.7 Å². The summed E-state index contributed by atoms with van der Waals surface area (Å²) in [5, 5.41) is 11.9. The smallest absolute Gasteiger partial charge is 0.329 e. The number of carboxylic acid groups (broad SMARTS) is 1. The van der Waals surface area contributed by atoms with Gasteiger partial charge in [0, 0.05) is 25.0 Å². The molecule has 1 heterocycles. The topological polar surface area (TPSA) is 92.2 Å². The number of amides is 1. The van der Waals surface area contributed by atoms with Gasteiger partial charge in [0.15, 0.2) is 0 Å². The van der Waals surface area contributed by atoms with Gasteiger partial charge in [-0.3, -0.25) is 14.8 Å². The molecule has 0 radical (unpaired) electrons. The quantitative estimate of drug-likeness (QED) is 0.824. The van der Waals surface area contributed by atoms with Crippen molar-refractivity contribution in [3.63, 3.8) is 0 Å². The van der Waals surface area contributed by atoms with Gasteiger partial charge in [-0.1, -0.05) is 12.8 Å². The van der Waals surface area contributed by atoms with Crippen LogP contribution < -0.4 is 5.32 Å². The van der Waals surface area contributed by atoms with E-state index in [2.05, 4.69) is 15.3 Å². The van der Waals surface area contributed by atoms with Crippen molar-refractivity contribution in [2.75, 3.05) is 0 Å². The summed E-state index contributed by atoms with van der Waals surface area (Å²) < 4.78 is 0. The van der Waals surface area contributed by atoms with Gasteiger partial charge in [-0.2, -0.15) is 0 Å². The lowest BCUT2D eigenvalue weighted by Gasteiger charge is -2.25. The third-order valence-corrected chi connectivity index (χ3v) is 3.47. The van der Waals surface area contributed by atoms with Crippen LogP contribution in [0, 0.1) is 0 Å². The number of carbonyl (C=O) groups is 2. The molecule has 1 aromatic heterocycles. The zero-order valence-electron chi connectivity index (χ0n) is 10.6. The first-order chi connectivity index (χ1) is 9.12. The molecule has 1 fully saturated rings. The number of carboxylic acids is 1. The van der Waals surface area contributed by atoms with Gasteiger partial charge in [0.25, 0.3) is 0 Å². The van der Waals surface area contributed by atoms with E-state index in [1.807, 2.05) is 0 Å². The Morgan fingerprint density at radius 3 is 2.63 bits per heavy atom. The lowest BCUT2D eigenvalue weighted by atomic mass is 9.97. The highest BCUT2D eigenvalue weighted by molar-refractivity contribution is 5.87. The fourth-order valence-corrected chi connectivity index (χ4v) is 2.40. The van der Waals surface area contributed by atoms with Gasteiger partial charge in [0.05, 0.1) is 5.69 Å². The maximum Gasteiger partial charge on any atom is 0.329 e. The van der Waals surface area contributed by atoms with Gasteiger partial charge in [-0.05, 0) is 19.3 Å². The minimum Gasteiger partial charge on any atom is -0.480 e. The maximum absolute atomic E-state index is 11.9. The summed E-state index contributed by atoms with van der Waals surface area (Å²) in [6.45, 7) is 0. The Morgan fingerprint density at radius 2 is 2.05 bits per heavy atom. The fraction of sp³-hybridized carbons (Fsp3) is 0.538. The summed E-state index contributed by atoms with van der Waals surface area (Å²) in [6.07, 6.45) is 8.16. The van der Waals surface area contributed by atoms with Gasteiger partial charge in [0.2, 0.25) is 5.91 Å². The van der Waals surface area contributed by atoms with Gasteiger partial charge in [0.1, 0.15) is 5.54 Å². The van der Waals surface area contributed by atoms with E-state index < -0.39 is 11.5 Å². The summed E-state index contributed by atoms with van der Waals surface area (Å²) in [5.74, 6) is -1.17. The summed E-state index contributed by atoms with van der Waals surface area (Å²) in [6, 6.07) is 0. The van der Waals surface area contributed by atoms with Crippen LogP contribution in [0.15, 0.2) is 18.6 Å². The number of hydrogen-bond donors (Lipinski definition) is 2. The molecule has 0 aromatic carbocycles. The molecule has 6 heteroatoms. The van der Waals surface area contributed by atoms with Crippen LogP contribution >= 0.6 is 0 Å². The molecule has 6 nitrogen and oxygen atoms in total. The highest BCUT2D eigenvalue weighted by Crippen LogP contribution is 2.29. The lowest BCUT2D eigenvalue weighted by molar-refractivity contribution is -0.147. The molecule has 0 saturated heterocycles. The Balaban J connectivity index is 1.88. The average Bonchev–Trinajstić information content (AvgIpc) is 2.87. The van der Waals surface area contributed by atoms with E-state index >= 15 is 0 Å². The standard InChI is InChI=1S/C13H17N3O3/c17-11(4-3-10-9-14-7-8-15-10)16-13(12(18)19)5-1-2-6-13/h7-9H,1-6H2,(H,16,17)(H,18,19). The minimum absolute atomic E-state index is 0.230. The molecular weight excluding hydrogens is 246 g/mol. The molecule has 0 unspecified atom stereocenters. The van der Waals surface area contributed by atoms with Crippen LogP contribution in [-0.4, -0.2) is 32.5 Å². The van der Waals surface area contributed by atoms with Gasteiger partial charge in [-0.15, -0.1) is 0 Å². The summed E-state index contributed by atoms with van der Waals surface area (Å²) in [5.41, 5.74) is -0.326.